The standard InChI is InChI=1S/C18H22F16O5S/c1-3-9(7-12(21,22)15(27,28)38-14(25,26)11(19)20)5-6-10(4-2)8-13(23,24)16(29,30)39-17(31,32)18(33,34)40(35,36)37/h9-11H,3-8H2,1-2H3,(H,35,36,37). The summed E-state index contributed by atoms with van der Waals surface area (Å²) in [4.78, 5) is 0. The molecule has 0 fully saturated rings. The fraction of sp³-hybridized carbons (Fsp3) is 1.00. The van der Waals surface area contributed by atoms with E-state index in [1.165, 1.54) is 0 Å². The first-order valence-corrected chi connectivity index (χ1v) is 12.2. The number of hydrogen-bond acceptors (Lipinski definition) is 4. The molecule has 0 aliphatic rings. The number of hydrogen-bond donors (Lipinski definition) is 1. The fourth-order valence-electron chi connectivity index (χ4n) is 3.07. The minimum absolute atomic E-state index is 0.514. The van der Waals surface area contributed by atoms with Gasteiger partial charge in [-0.25, -0.2) is 18.3 Å². The van der Waals surface area contributed by atoms with Gasteiger partial charge in [0.2, 0.25) is 0 Å². The van der Waals surface area contributed by atoms with Crippen molar-refractivity contribution in [3.8, 4) is 0 Å². The van der Waals surface area contributed by atoms with Crippen LogP contribution in [-0.4, -0.2) is 60.9 Å². The van der Waals surface area contributed by atoms with Crippen molar-refractivity contribution in [1.29, 1.82) is 0 Å². The Bertz CT molecular complexity index is 925. The summed E-state index contributed by atoms with van der Waals surface area (Å²) in [7, 11) is -7.16. The third-order valence-electron chi connectivity index (χ3n) is 5.52. The molecule has 0 aliphatic heterocycles. The molecular formula is C18H22F16O5S. The van der Waals surface area contributed by atoms with Crippen LogP contribution in [0.3, 0.4) is 0 Å². The summed E-state index contributed by atoms with van der Waals surface area (Å²) in [5, 5.41) is -6.81. The zero-order chi connectivity index (χ0) is 32.4. The SMILES string of the molecule is CCC(CCC(CC)CC(F)(F)C(F)(F)OC(F)(F)C(F)(F)S(=O)(=O)O)CC(F)(F)C(F)(F)OC(F)(F)C(F)F. The van der Waals surface area contributed by atoms with E-state index in [9.17, 15) is 78.7 Å². The van der Waals surface area contributed by atoms with Crippen molar-refractivity contribution in [3.05, 3.63) is 0 Å². The molecule has 0 aromatic heterocycles. The molecule has 242 valence electrons. The molecule has 0 heterocycles. The molecule has 0 aliphatic carbocycles. The van der Waals surface area contributed by atoms with Crippen LogP contribution in [0.5, 0.6) is 0 Å². The van der Waals surface area contributed by atoms with Crippen molar-refractivity contribution in [2.24, 2.45) is 11.8 Å². The van der Waals surface area contributed by atoms with E-state index in [0.717, 1.165) is 13.8 Å². The van der Waals surface area contributed by atoms with Crippen molar-refractivity contribution < 1.29 is 92.7 Å². The first kappa shape index (κ1) is 38.7. The molecule has 22 heteroatoms. The van der Waals surface area contributed by atoms with Crippen LogP contribution < -0.4 is 0 Å². The van der Waals surface area contributed by atoms with E-state index in [1.807, 2.05) is 0 Å². The van der Waals surface area contributed by atoms with E-state index in [2.05, 4.69) is 9.47 Å². The van der Waals surface area contributed by atoms with Crippen LogP contribution in [0, 0.1) is 11.8 Å². The maximum Gasteiger partial charge on any atom is 0.460 e. The largest absolute Gasteiger partial charge is 0.460 e. The molecule has 2 unspecified atom stereocenters. The summed E-state index contributed by atoms with van der Waals surface area (Å²) >= 11 is 0. The molecule has 0 saturated heterocycles. The number of ether oxygens (including phenoxy) is 2. The Labute approximate surface area is 215 Å². The number of halogens is 16. The van der Waals surface area contributed by atoms with Gasteiger partial charge in [-0.1, -0.05) is 26.7 Å². The molecule has 1 N–H and O–H groups in total. The van der Waals surface area contributed by atoms with Crippen LogP contribution >= 0.6 is 0 Å². The van der Waals surface area contributed by atoms with Crippen molar-refractivity contribution in [1.82, 2.24) is 0 Å². The first-order chi connectivity index (χ1) is 17.4. The molecule has 0 spiro atoms. The van der Waals surface area contributed by atoms with Gasteiger partial charge in [0.25, 0.3) is 0 Å². The summed E-state index contributed by atoms with van der Waals surface area (Å²) in [6.07, 6.45) is -37.5. The molecular weight excluding hydrogens is 632 g/mol. The Morgan fingerprint density at radius 2 is 0.950 bits per heavy atom. The van der Waals surface area contributed by atoms with Gasteiger partial charge < -0.3 is 0 Å². The third-order valence-corrected chi connectivity index (χ3v) is 6.40. The van der Waals surface area contributed by atoms with E-state index in [4.69, 9.17) is 4.55 Å². The van der Waals surface area contributed by atoms with Crippen molar-refractivity contribution in [2.45, 2.75) is 100 Å². The highest BCUT2D eigenvalue weighted by Gasteiger charge is 2.74. The van der Waals surface area contributed by atoms with Crippen LogP contribution in [0.15, 0.2) is 0 Å². The quantitative estimate of drug-likeness (QED) is 0.120. The maximum atomic E-state index is 14.1. The predicted octanol–water partition coefficient (Wildman–Crippen LogP) is 8.02. The van der Waals surface area contributed by atoms with E-state index < -0.39 is 108 Å². The van der Waals surface area contributed by atoms with E-state index in [1.54, 1.807) is 0 Å². The first-order valence-electron chi connectivity index (χ1n) is 10.7. The van der Waals surface area contributed by atoms with Gasteiger partial charge >= 0.3 is 58.1 Å². The highest BCUT2D eigenvalue weighted by Crippen LogP contribution is 2.50. The topological polar surface area (TPSA) is 72.8 Å². The Morgan fingerprint density at radius 1 is 0.625 bits per heavy atom. The van der Waals surface area contributed by atoms with Crippen molar-refractivity contribution in [2.75, 3.05) is 0 Å². The molecule has 0 rings (SSSR count). The van der Waals surface area contributed by atoms with Gasteiger partial charge in [0.15, 0.2) is 0 Å². The molecule has 5 nitrogen and oxygen atoms in total. The lowest BCUT2D eigenvalue weighted by Crippen LogP contribution is -2.56. The van der Waals surface area contributed by atoms with Crippen LogP contribution in [0.1, 0.15) is 52.4 Å². The second kappa shape index (κ2) is 12.5. The zero-order valence-electron chi connectivity index (χ0n) is 20.0. The van der Waals surface area contributed by atoms with Crippen LogP contribution in [0.4, 0.5) is 70.2 Å². The molecule has 2 atom stereocenters. The van der Waals surface area contributed by atoms with Crippen LogP contribution in [0.2, 0.25) is 0 Å². The smallest absolute Gasteiger partial charge is 0.281 e. The average Bonchev–Trinajstić information content (AvgIpc) is 2.72. The van der Waals surface area contributed by atoms with E-state index >= 15 is 0 Å². The van der Waals surface area contributed by atoms with Gasteiger partial charge in [0.05, 0.1) is 0 Å². The van der Waals surface area contributed by atoms with Crippen LogP contribution in [-0.2, 0) is 19.6 Å². The average molecular weight is 654 g/mol. The lowest BCUT2D eigenvalue weighted by molar-refractivity contribution is -0.457. The number of rotatable bonds is 18. The molecule has 0 saturated carbocycles. The Kier molecular flexibility index (Phi) is 12.1. The molecule has 0 aromatic rings. The Morgan fingerprint density at radius 3 is 1.23 bits per heavy atom. The Balaban J connectivity index is 5.61. The summed E-state index contributed by atoms with van der Waals surface area (Å²) in [6, 6.07) is 0. The second-order valence-corrected chi connectivity index (χ2v) is 10.0. The van der Waals surface area contributed by atoms with Gasteiger partial charge in [-0.15, -0.1) is 0 Å². The summed E-state index contributed by atoms with van der Waals surface area (Å²) in [5.41, 5.74) is 0. The predicted molar refractivity (Wildman–Crippen MR) is 100 cm³/mol. The monoisotopic (exact) mass is 654 g/mol. The second-order valence-electron chi connectivity index (χ2n) is 8.55. The molecule has 0 amide bonds. The molecule has 0 radical (unpaired) electrons. The van der Waals surface area contributed by atoms with E-state index in [0.29, 0.717) is 0 Å². The summed E-state index contributed by atoms with van der Waals surface area (Å²) < 4.78 is 246. The normalized spacial score (nSPS) is 16.9. The van der Waals surface area contributed by atoms with Crippen molar-refractivity contribution in [3.63, 3.8) is 0 Å². The molecule has 0 aromatic carbocycles. The summed E-state index contributed by atoms with van der Waals surface area (Å²) in [6.45, 7) is 2.05. The highest BCUT2D eigenvalue weighted by molar-refractivity contribution is 7.86. The maximum absolute atomic E-state index is 14.1. The minimum Gasteiger partial charge on any atom is -0.281 e. The van der Waals surface area contributed by atoms with Gasteiger partial charge in [-0.2, -0.15) is 69.9 Å². The zero-order valence-corrected chi connectivity index (χ0v) is 20.8. The van der Waals surface area contributed by atoms with Gasteiger partial charge in [0, 0.05) is 12.8 Å². The lowest BCUT2D eigenvalue weighted by atomic mass is 9.86. The fourth-order valence-corrected chi connectivity index (χ4v) is 3.41. The number of alkyl halides is 16. The Hall–Kier alpha value is -1.29. The van der Waals surface area contributed by atoms with E-state index in [-0.39, 0.29) is 0 Å². The molecule has 0 bridgehead atoms. The highest BCUT2D eigenvalue weighted by atomic mass is 32.2. The lowest BCUT2D eigenvalue weighted by Gasteiger charge is -2.33. The van der Waals surface area contributed by atoms with Gasteiger partial charge in [-0.05, 0) is 24.7 Å². The van der Waals surface area contributed by atoms with Crippen molar-refractivity contribution >= 4 is 10.1 Å². The van der Waals surface area contributed by atoms with Gasteiger partial charge in [-0.3, -0.25) is 4.55 Å². The summed E-state index contributed by atoms with van der Waals surface area (Å²) in [5.74, 6) is -14.8. The van der Waals surface area contributed by atoms with Gasteiger partial charge in [0.1, 0.15) is 0 Å². The minimum atomic E-state index is -7.16. The van der Waals surface area contributed by atoms with Crippen LogP contribution in [0.25, 0.3) is 0 Å². The third kappa shape index (κ3) is 9.10. The molecule has 40 heavy (non-hydrogen) atoms.